The van der Waals surface area contributed by atoms with Crippen molar-refractivity contribution in [1.29, 1.82) is 0 Å². The quantitative estimate of drug-likeness (QED) is 0.637. The maximum atomic E-state index is 12.4. The van der Waals surface area contributed by atoms with Crippen LogP contribution in [0.3, 0.4) is 0 Å². The molecule has 6 nitrogen and oxygen atoms in total. The van der Waals surface area contributed by atoms with Crippen LogP contribution in [0, 0.1) is 5.92 Å². The van der Waals surface area contributed by atoms with Crippen molar-refractivity contribution in [1.82, 2.24) is 4.90 Å². The van der Waals surface area contributed by atoms with Crippen molar-refractivity contribution in [3.63, 3.8) is 0 Å². The summed E-state index contributed by atoms with van der Waals surface area (Å²) in [7, 11) is 3.37. The highest BCUT2D eigenvalue weighted by Gasteiger charge is 2.58. The van der Waals surface area contributed by atoms with E-state index < -0.39 is 40.5 Å². The van der Waals surface area contributed by atoms with Gasteiger partial charge in [0.05, 0.1) is 6.04 Å². The number of allylic oxidation sites excluding steroid dienone is 1. The molecular formula is C14H19NO5. The zero-order valence-corrected chi connectivity index (χ0v) is 11.8. The minimum atomic E-state index is -2.12. The van der Waals surface area contributed by atoms with E-state index in [2.05, 4.69) is 0 Å². The number of aliphatic hydroxyl groups excluding tert-OH is 2. The Morgan fingerprint density at radius 1 is 1.40 bits per heavy atom. The summed E-state index contributed by atoms with van der Waals surface area (Å²) in [4.78, 5) is 25.7. The molecule has 0 saturated heterocycles. The second-order valence-corrected chi connectivity index (χ2v) is 5.59. The summed E-state index contributed by atoms with van der Waals surface area (Å²) in [5.74, 6) is -2.98. The average Bonchev–Trinajstić information content (AvgIpc) is 2.32. The van der Waals surface area contributed by atoms with E-state index in [9.17, 15) is 24.9 Å². The summed E-state index contributed by atoms with van der Waals surface area (Å²) >= 11 is 0. The number of carbonyl (C=O) groups is 2. The van der Waals surface area contributed by atoms with Gasteiger partial charge < -0.3 is 15.3 Å². The third-order valence-corrected chi connectivity index (χ3v) is 4.14. The molecule has 2 aliphatic rings. The van der Waals surface area contributed by atoms with Gasteiger partial charge in [0, 0.05) is 5.92 Å². The molecule has 0 spiro atoms. The second-order valence-electron chi connectivity index (χ2n) is 5.59. The molecule has 0 fully saturated rings. The summed E-state index contributed by atoms with van der Waals surface area (Å²) in [6, 6.07) is -0.688. The molecule has 2 rings (SSSR count). The van der Waals surface area contributed by atoms with E-state index in [-0.39, 0.29) is 5.76 Å². The number of hydrogen-bond donors (Lipinski definition) is 3. The predicted octanol–water partition coefficient (Wildman–Crippen LogP) is 0.483. The van der Waals surface area contributed by atoms with Crippen molar-refractivity contribution in [3.8, 4) is 0 Å². The van der Waals surface area contributed by atoms with Gasteiger partial charge in [0.15, 0.2) is 11.4 Å². The van der Waals surface area contributed by atoms with Crippen LogP contribution in [0.5, 0.6) is 0 Å². The second kappa shape index (κ2) is 4.71. The smallest absolute Gasteiger partial charge is 0.209 e. The molecule has 0 heterocycles. The van der Waals surface area contributed by atoms with Crippen molar-refractivity contribution in [2.45, 2.75) is 31.4 Å². The molecule has 0 aromatic rings. The van der Waals surface area contributed by atoms with Gasteiger partial charge in [-0.05, 0) is 39.9 Å². The highest BCUT2D eigenvalue weighted by molar-refractivity contribution is 6.24. The first-order valence-electron chi connectivity index (χ1n) is 6.50. The van der Waals surface area contributed by atoms with Crippen LogP contribution in [-0.2, 0) is 9.59 Å². The lowest BCUT2D eigenvalue weighted by molar-refractivity contribution is -0.147. The Labute approximate surface area is 117 Å². The SMILES string of the molecule is CC(=O)C1=C(O)C(N(C)C)C2CCC=C(O)[C@]2(O)C1=O. The predicted molar refractivity (Wildman–Crippen MR) is 71.2 cm³/mol. The summed E-state index contributed by atoms with van der Waals surface area (Å²) in [5.41, 5.74) is -2.55. The van der Waals surface area contributed by atoms with Gasteiger partial charge in [0.25, 0.3) is 0 Å². The van der Waals surface area contributed by atoms with E-state index in [1.54, 1.807) is 19.0 Å². The number of fused-ring (bicyclic) bond motifs is 1. The lowest BCUT2D eigenvalue weighted by atomic mass is 9.65. The van der Waals surface area contributed by atoms with Gasteiger partial charge in [-0.3, -0.25) is 14.5 Å². The molecule has 2 unspecified atom stereocenters. The molecule has 20 heavy (non-hydrogen) atoms. The minimum absolute atomic E-state index is 0.322. The van der Waals surface area contributed by atoms with Gasteiger partial charge in [-0.15, -0.1) is 0 Å². The summed E-state index contributed by atoms with van der Waals surface area (Å²) in [6.07, 6.45) is 2.32. The highest BCUT2D eigenvalue weighted by atomic mass is 16.3. The van der Waals surface area contributed by atoms with Crippen LogP contribution in [0.15, 0.2) is 23.2 Å². The van der Waals surface area contributed by atoms with Crippen LogP contribution in [0.4, 0.5) is 0 Å². The maximum absolute atomic E-state index is 12.4. The molecule has 3 atom stereocenters. The number of nitrogens with zero attached hydrogens (tertiary/aromatic N) is 1. The fourth-order valence-electron chi connectivity index (χ4n) is 3.22. The zero-order chi connectivity index (χ0) is 15.2. The van der Waals surface area contributed by atoms with Gasteiger partial charge in [0.2, 0.25) is 5.78 Å². The molecule has 0 aliphatic heterocycles. The normalized spacial score (nSPS) is 34.0. The number of rotatable bonds is 2. The molecule has 0 radical (unpaired) electrons. The van der Waals surface area contributed by atoms with E-state index in [0.717, 1.165) is 6.92 Å². The summed E-state index contributed by atoms with van der Waals surface area (Å²) in [5, 5.41) is 30.9. The van der Waals surface area contributed by atoms with Crippen LogP contribution < -0.4 is 0 Å². The summed E-state index contributed by atoms with van der Waals surface area (Å²) < 4.78 is 0. The van der Waals surface area contributed by atoms with Crippen LogP contribution in [0.1, 0.15) is 19.8 Å². The Balaban J connectivity index is 2.70. The number of carbonyl (C=O) groups excluding carboxylic acids is 2. The zero-order valence-electron chi connectivity index (χ0n) is 11.8. The number of hydrogen-bond acceptors (Lipinski definition) is 6. The largest absolute Gasteiger partial charge is 0.510 e. The average molecular weight is 281 g/mol. The third-order valence-electron chi connectivity index (χ3n) is 4.14. The maximum Gasteiger partial charge on any atom is 0.209 e. The van der Waals surface area contributed by atoms with Crippen molar-refractivity contribution in [3.05, 3.63) is 23.2 Å². The Kier molecular flexibility index (Phi) is 3.47. The first kappa shape index (κ1) is 14.7. The van der Waals surface area contributed by atoms with Crippen molar-refractivity contribution >= 4 is 11.6 Å². The van der Waals surface area contributed by atoms with Crippen molar-refractivity contribution in [2.75, 3.05) is 14.1 Å². The molecule has 6 heteroatoms. The van der Waals surface area contributed by atoms with Crippen LogP contribution in [0.25, 0.3) is 0 Å². The Hall–Kier alpha value is -1.66. The highest BCUT2D eigenvalue weighted by Crippen LogP contribution is 2.44. The van der Waals surface area contributed by atoms with Crippen LogP contribution >= 0.6 is 0 Å². The van der Waals surface area contributed by atoms with Gasteiger partial charge in [-0.1, -0.05) is 0 Å². The monoisotopic (exact) mass is 281 g/mol. The molecule has 0 amide bonds. The molecule has 0 saturated carbocycles. The minimum Gasteiger partial charge on any atom is -0.510 e. The van der Waals surface area contributed by atoms with Gasteiger partial charge in [-0.2, -0.15) is 0 Å². The number of likely N-dealkylation sites (N-methyl/N-ethyl adjacent to an activating group) is 1. The van der Waals surface area contributed by atoms with E-state index in [1.165, 1.54) is 6.08 Å². The van der Waals surface area contributed by atoms with Gasteiger partial charge in [0.1, 0.15) is 17.1 Å². The lowest BCUT2D eigenvalue weighted by Crippen LogP contribution is -2.61. The molecule has 3 N–H and O–H groups in total. The van der Waals surface area contributed by atoms with E-state index in [1.807, 2.05) is 0 Å². The molecular weight excluding hydrogens is 262 g/mol. The Morgan fingerprint density at radius 3 is 2.50 bits per heavy atom. The van der Waals surface area contributed by atoms with E-state index in [0.29, 0.717) is 12.8 Å². The number of Topliss-reactive ketones (excluding diaryl/α,β-unsaturated/α-hetero) is 2. The van der Waals surface area contributed by atoms with Crippen LogP contribution in [-0.4, -0.2) is 57.5 Å². The first-order chi connectivity index (χ1) is 9.22. The fraction of sp³-hybridized carbons (Fsp3) is 0.571. The molecule has 2 aliphatic carbocycles. The fourth-order valence-corrected chi connectivity index (χ4v) is 3.22. The van der Waals surface area contributed by atoms with Crippen LogP contribution in [0.2, 0.25) is 0 Å². The first-order valence-corrected chi connectivity index (χ1v) is 6.50. The molecule has 0 aromatic carbocycles. The molecule has 0 aromatic heterocycles. The van der Waals surface area contributed by atoms with E-state index in [4.69, 9.17) is 0 Å². The molecule has 110 valence electrons. The van der Waals surface area contributed by atoms with Gasteiger partial charge in [-0.25, -0.2) is 0 Å². The van der Waals surface area contributed by atoms with Gasteiger partial charge >= 0.3 is 0 Å². The van der Waals surface area contributed by atoms with E-state index >= 15 is 0 Å². The molecule has 0 bridgehead atoms. The van der Waals surface area contributed by atoms with Crippen molar-refractivity contribution in [2.24, 2.45) is 5.92 Å². The Bertz CT molecular complexity index is 534. The number of ketones is 2. The standard InChI is InChI=1S/C14H19NO5/c1-7(16)10-12(18)11(15(2)3)8-5-4-6-9(17)14(8,20)13(10)19/h6,8,11,17-18,20H,4-5H2,1-3H3/t8?,11?,14-/m0/s1. The van der Waals surface area contributed by atoms with Crippen molar-refractivity contribution < 1.29 is 24.9 Å². The number of aliphatic hydroxyl groups is 3. The Morgan fingerprint density at radius 2 is 2.00 bits per heavy atom. The summed E-state index contributed by atoms with van der Waals surface area (Å²) in [6.45, 7) is 1.16. The topological polar surface area (TPSA) is 98.1 Å². The lowest BCUT2D eigenvalue weighted by Gasteiger charge is -2.46. The third kappa shape index (κ3) is 1.79.